The summed E-state index contributed by atoms with van der Waals surface area (Å²) in [4.78, 5) is 14.4. The van der Waals surface area contributed by atoms with Crippen LogP contribution in [0.25, 0.3) is 0 Å². The Morgan fingerprint density at radius 2 is 2.26 bits per heavy atom. The van der Waals surface area contributed by atoms with Gasteiger partial charge in [0.05, 0.1) is 0 Å². The van der Waals surface area contributed by atoms with Crippen molar-refractivity contribution in [3.05, 3.63) is 24.8 Å². The third-order valence-corrected chi connectivity index (χ3v) is 4.55. The van der Waals surface area contributed by atoms with Gasteiger partial charge >= 0.3 is 0 Å². The fourth-order valence-electron chi connectivity index (χ4n) is 3.66. The van der Waals surface area contributed by atoms with E-state index in [0.29, 0.717) is 24.3 Å². The van der Waals surface area contributed by atoms with Gasteiger partial charge in [0.1, 0.15) is 0 Å². The van der Waals surface area contributed by atoms with Gasteiger partial charge in [0.15, 0.2) is 0 Å². The standard InChI is InChI=1S/C17H23NO/c1-4-6-7-8-15-13-9-10-14(12-13)16(15)17(19)18(3)11-5-2/h1,5,9-10,13-16H,2,6-8,11-12H2,3H3/t13-,14+,15-,16+/m0/s1. The molecular formula is C17H23NO. The van der Waals surface area contributed by atoms with Gasteiger partial charge in [-0.2, -0.15) is 0 Å². The molecule has 0 unspecified atom stereocenters. The van der Waals surface area contributed by atoms with Crippen LogP contribution in [0.4, 0.5) is 0 Å². The monoisotopic (exact) mass is 257 g/mol. The molecule has 2 aliphatic carbocycles. The molecule has 2 rings (SSSR count). The predicted molar refractivity (Wildman–Crippen MR) is 78.2 cm³/mol. The summed E-state index contributed by atoms with van der Waals surface area (Å²) in [5.74, 6) is 4.67. The zero-order valence-electron chi connectivity index (χ0n) is 11.7. The Labute approximate surface area is 116 Å². The molecule has 1 amide bonds. The summed E-state index contributed by atoms with van der Waals surface area (Å²) in [6, 6.07) is 0. The highest BCUT2D eigenvalue weighted by Crippen LogP contribution is 2.50. The lowest BCUT2D eigenvalue weighted by atomic mass is 9.79. The van der Waals surface area contributed by atoms with Gasteiger partial charge in [-0.3, -0.25) is 4.79 Å². The maximum Gasteiger partial charge on any atom is 0.226 e. The number of likely N-dealkylation sites (N-methyl/N-ethyl adjacent to an activating group) is 1. The Morgan fingerprint density at radius 3 is 2.95 bits per heavy atom. The maximum absolute atomic E-state index is 12.6. The van der Waals surface area contributed by atoms with Crippen molar-refractivity contribution in [2.75, 3.05) is 13.6 Å². The van der Waals surface area contributed by atoms with Crippen LogP contribution in [0.3, 0.4) is 0 Å². The lowest BCUT2D eigenvalue weighted by molar-refractivity contribution is -0.136. The first kappa shape index (κ1) is 13.9. The highest BCUT2D eigenvalue weighted by atomic mass is 16.2. The zero-order chi connectivity index (χ0) is 13.8. The molecule has 4 atom stereocenters. The van der Waals surface area contributed by atoms with Gasteiger partial charge in [-0.1, -0.05) is 18.2 Å². The smallest absolute Gasteiger partial charge is 0.226 e. The molecule has 0 aromatic carbocycles. The van der Waals surface area contributed by atoms with Crippen LogP contribution < -0.4 is 0 Å². The van der Waals surface area contributed by atoms with Gasteiger partial charge in [-0.05, 0) is 37.0 Å². The summed E-state index contributed by atoms with van der Waals surface area (Å²) in [5, 5.41) is 0. The third-order valence-electron chi connectivity index (χ3n) is 4.55. The minimum absolute atomic E-state index is 0.165. The molecule has 19 heavy (non-hydrogen) atoms. The number of unbranched alkanes of at least 4 members (excludes halogenated alkanes) is 1. The number of nitrogens with zero attached hydrogens (tertiary/aromatic N) is 1. The molecule has 2 aliphatic rings. The Bertz CT molecular complexity index is 417. The number of allylic oxidation sites excluding steroid dienone is 2. The van der Waals surface area contributed by atoms with E-state index in [1.165, 1.54) is 0 Å². The Hall–Kier alpha value is -1.49. The van der Waals surface area contributed by atoms with Crippen molar-refractivity contribution in [3.8, 4) is 12.3 Å². The number of terminal acetylenes is 1. The van der Waals surface area contributed by atoms with Crippen LogP contribution in [-0.4, -0.2) is 24.4 Å². The van der Waals surface area contributed by atoms with Crippen LogP contribution in [0, 0.1) is 36.0 Å². The number of carbonyl (C=O) groups excluding carboxylic acids is 1. The van der Waals surface area contributed by atoms with Crippen molar-refractivity contribution in [2.24, 2.45) is 23.7 Å². The van der Waals surface area contributed by atoms with E-state index in [4.69, 9.17) is 6.42 Å². The van der Waals surface area contributed by atoms with Gasteiger partial charge in [-0.15, -0.1) is 18.9 Å². The second-order valence-electron chi connectivity index (χ2n) is 5.74. The van der Waals surface area contributed by atoms with Gasteiger partial charge in [0, 0.05) is 25.9 Å². The number of amides is 1. The van der Waals surface area contributed by atoms with Crippen molar-refractivity contribution in [3.63, 3.8) is 0 Å². The quantitative estimate of drug-likeness (QED) is 0.407. The van der Waals surface area contributed by atoms with Crippen LogP contribution in [0.1, 0.15) is 25.7 Å². The van der Waals surface area contributed by atoms with Crippen molar-refractivity contribution < 1.29 is 4.79 Å². The molecule has 2 heteroatoms. The first-order valence-electron chi connectivity index (χ1n) is 7.16. The van der Waals surface area contributed by atoms with Crippen molar-refractivity contribution in [2.45, 2.75) is 25.7 Å². The molecule has 1 fully saturated rings. The van der Waals surface area contributed by atoms with E-state index < -0.39 is 0 Å². The normalized spacial score (nSPS) is 31.2. The molecule has 0 spiro atoms. The molecule has 0 aliphatic heterocycles. The van der Waals surface area contributed by atoms with Crippen LogP contribution in [0.15, 0.2) is 24.8 Å². The minimum Gasteiger partial charge on any atom is -0.342 e. The summed E-state index contributed by atoms with van der Waals surface area (Å²) < 4.78 is 0. The number of carbonyl (C=O) groups is 1. The van der Waals surface area contributed by atoms with Crippen molar-refractivity contribution in [1.82, 2.24) is 4.90 Å². The first-order valence-corrected chi connectivity index (χ1v) is 7.16. The lowest BCUT2D eigenvalue weighted by Gasteiger charge is -2.30. The Balaban J connectivity index is 2.04. The van der Waals surface area contributed by atoms with E-state index in [0.717, 1.165) is 25.7 Å². The first-order chi connectivity index (χ1) is 9.19. The van der Waals surface area contributed by atoms with Crippen molar-refractivity contribution >= 4 is 5.91 Å². The van der Waals surface area contributed by atoms with Crippen LogP contribution in [0.2, 0.25) is 0 Å². The molecule has 0 aromatic rings. The van der Waals surface area contributed by atoms with Gasteiger partial charge in [0.2, 0.25) is 5.91 Å². The molecule has 102 valence electrons. The van der Waals surface area contributed by atoms with E-state index in [1.807, 2.05) is 7.05 Å². The number of hydrogen-bond acceptors (Lipinski definition) is 1. The van der Waals surface area contributed by atoms with Crippen LogP contribution in [0.5, 0.6) is 0 Å². The van der Waals surface area contributed by atoms with E-state index in [1.54, 1.807) is 11.0 Å². The number of hydrogen-bond donors (Lipinski definition) is 0. The topological polar surface area (TPSA) is 20.3 Å². The molecule has 2 nitrogen and oxygen atoms in total. The largest absolute Gasteiger partial charge is 0.342 e. The van der Waals surface area contributed by atoms with Gasteiger partial charge in [-0.25, -0.2) is 0 Å². The highest BCUT2D eigenvalue weighted by Gasteiger charge is 2.48. The van der Waals surface area contributed by atoms with Crippen LogP contribution >= 0.6 is 0 Å². The minimum atomic E-state index is 0.165. The Kier molecular flexibility index (Phi) is 4.47. The average molecular weight is 257 g/mol. The van der Waals surface area contributed by atoms with E-state index in [-0.39, 0.29) is 11.8 Å². The van der Waals surface area contributed by atoms with E-state index in [2.05, 4.69) is 24.7 Å². The fraction of sp³-hybridized carbons (Fsp3) is 0.588. The molecule has 2 bridgehead atoms. The fourth-order valence-corrected chi connectivity index (χ4v) is 3.66. The third kappa shape index (κ3) is 2.76. The molecule has 0 heterocycles. The van der Waals surface area contributed by atoms with E-state index >= 15 is 0 Å². The van der Waals surface area contributed by atoms with Crippen LogP contribution in [-0.2, 0) is 4.79 Å². The highest BCUT2D eigenvalue weighted by molar-refractivity contribution is 5.80. The molecule has 1 saturated carbocycles. The molecule has 0 N–H and O–H groups in total. The molecule has 0 radical (unpaired) electrons. The zero-order valence-corrected chi connectivity index (χ0v) is 11.7. The number of fused-ring (bicyclic) bond motifs is 2. The maximum atomic E-state index is 12.6. The SMILES string of the molecule is C#CCCC[C@@H]1[C@H](C(=O)N(C)CC=C)[C@@H]2C=C[C@H]1C2. The summed E-state index contributed by atoms with van der Waals surface area (Å²) >= 11 is 0. The molecular weight excluding hydrogens is 234 g/mol. The Morgan fingerprint density at radius 1 is 1.53 bits per heavy atom. The average Bonchev–Trinajstić information content (AvgIpc) is 2.99. The van der Waals surface area contributed by atoms with Gasteiger partial charge < -0.3 is 4.90 Å². The summed E-state index contributed by atoms with van der Waals surface area (Å²) in [6.07, 6.45) is 15.7. The summed E-state index contributed by atoms with van der Waals surface area (Å²) in [5.41, 5.74) is 0. The predicted octanol–water partition coefficient (Wildman–Crippen LogP) is 2.87. The molecule has 0 saturated heterocycles. The molecule has 0 aromatic heterocycles. The van der Waals surface area contributed by atoms with Gasteiger partial charge in [0.25, 0.3) is 0 Å². The van der Waals surface area contributed by atoms with Crippen molar-refractivity contribution in [1.29, 1.82) is 0 Å². The lowest BCUT2D eigenvalue weighted by Crippen LogP contribution is -2.38. The number of rotatable bonds is 6. The second kappa shape index (κ2) is 6.10. The summed E-state index contributed by atoms with van der Waals surface area (Å²) in [7, 11) is 1.87. The summed E-state index contributed by atoms with van der Waals surface area (Å²) in [6.45, 7) is 4.34. The van der Waals surface area contributed by atoms with E-state index in [9.17, 15) is 4.79 Å². The second-order valence-corrected chi connectivity index (χ2v) is 5.74.